The van der Waals surface area contributed by atoms with Gasteiger partial charge in [-0.3, -0.25) is 4.68 Å². The molecule has 1 N–H and O–H groups in total. The third-order valence-corrected chi connectivity index (χ3v) is 5.15. The lowest BCUT2D eigenvalue weighted by Crippen LogP contribution is -2.40. The first-order chi connectivity index (χ1) is 8.54. The Morgan fingerprint density at radius 2 is 2.39 bits per heavy atom. The van der Waals surface area contributed by atoms with Gasteiger partial charge < -0.3 is 5.32 Å². The summed E-state index contributed by atoms with van der Waals surface area (Å²) >= 11 is 0. The predicted octanol–water partition coefficient (Wildman–Crippen LogP) is 0.183. The van der Waals surface area contributed by atoms with E-state index in [0.29, 0.717) is 13.1 Å². The van der Waals surface area contributed by atoms with Crippen molar-refractivity contribution in [3.8, 4) is 0 Å². The van der Waals surface area contributed by atoms with Crippen molar-refractivity contribution in [3.63, 3.8) is 0 Å². The SMILES string of the molecule is CCN(CC1CCCN1)S(=O)(=O)c1cnn(C)c1. The van der Waals surface area contributed by atoms with Gasteiger partial charge in [-0.25, -0.2) is 8.42 Å². The van der Waals surface area contributed by atoms with Crippen LogP contribution in [0.2, 0.25) is 0 Å². The zero-order valence-electron chi connectivity index (χ0n) is 10.8. The minimum atomic E-state index is -3.41. The molecular formula is C11H20N4O2S. The van der Waals surface area contributed by atoms with Gasteiger partial charge in [-0.05, 0) is 19.4 Å². The van der Waals surface area contributed by atoms with Crippen molar-refractivity contribution in [2.75, 3.05) is 19.6 Å². The number of likely N-dealkylation sites (N-methyl/N-ethyl adjacent to an activating group) is 1. The molecule has 18 heavy (non-hydrogen) atoms. The Bertz CT molecular complexity index is 491. The highest BCUT2D eigenvalue weighted by molar-refractivity contribution is 7.89. The summed E-state index contributed by atoms with van der Waals surface area (Å²) in [7, 11) is -1.69. The summed E-state index contributed by atoms with van der Waals surface area (Å²) in [6, 6.07) is 0.274. The molecule has 1 aliphatic heterocycles. The van der Waals surface area contributed by atoms with Crippen molar-refractivity contribution in [2.45, 2.75) is 30.7 Å². The molecule has 1 saturated heterocycles. The molecule has 1 fully saturated rings. The summed E-state index contributed by atoms with van der Waals surface area (Å²) in [5.41, 5.74) is 0. The minimum absolute atomic E-state index is 0.268. The normalized spacial score (nSPS) is 20.7. The number of nitrogens with one attached hydrogen (secondary N) is 1. The fourth-order valence-corrected chi connectivity index (χ4v) is 3.72. The summed E-state index contributed by atoms with van der Waals surface area (Å²) in [5, 5.41) is 7.25. The molecule has 0 aliphatic carbocycles. The first-order valence-corrected chi connectivity index (χ1v) is 7.70. The third kappa shape index (κ3) is 2.73. The maximum absolute atomic E-state index is 12.4. The molecule has 0 aromatic carbocycles. The Hall–Kier alpha value is -0.920. The lowest BCUT2D eigenvalue weighted by molar-refractivity contribution is 0.383. The van der Waals surface area contributed by atoms with E-state index in [2.05, 4.69) is 10.4 Å². The lowest BCUT2D eigenvalue weighted by Gasteiger charge is -2.23. The average Bonchev–Trinajstić information content (AvgIpc) is 2.96. The maximum Gasteiger partial charge on any atom is 0.246 e. The molecule has 7 heteroatoms. The molecule has 0 radical (unpaired) electrons. The second-order valence-electron chi connectivity index (χ2n) is 4.60. The van der Waals surface area contributed by atoms with Gasteiger partial charge in [0.2, 0.25) is 10.0 Å². The highest BCUT2D eigenvalue weighted by Gasteiger charge is 2.27. The standard InChI is InChI=1S/C11H20N4O2S/c1-3-15(8-10-5-4-6-12-10)18(16,17)11-7-13-14(2)9-11/h7,9-10,12H,3-6,8H2,1-2H3. The van der Waals surface area contributed by atoms with Crippen molar-refractivity contribution < 1.29 is 8.42 Å². The fourth-order valence-electron chi connectivity index (χ4n) is 2.24. The Balaban J connectivity index is 2.15. The molecule has 0 saturated carbocycles. The Labute approximate surface area is 108 Å². The molecule has 1 atom stereocenters. The van der Waals surface area contributed by atoms with E-state index in [4.69, 9.17) is 0 Å². The van der Waals surface area contributed by atoms with Crippen LogP contribution in [0.25, 0.3) is 0 Å². The van der Waals surface area contributed by atoms with Crippen LogP contribution in [0, 0.1) is 0 Å². The van der Waals surface area contributed by atoms with Crippen molar-refractivity contribution in [3.05, 3.63) is 12.4 Å². The average molecular weight is 272 g/mol. The van der Waals surface area contributed by atoms with Crippen molar-refractivity contribution >= 4 is 10.0 Å². The molecule has 102 valence electrons. The molecule has 1 aromatic heterocycles. The highest BCUT2D eigenvalue weighted by atomic mass is 32.2. The van der Waals surface area contributed by atoms with E-state index < -0.39 is 10.0 Å². The van der Waals surface area contributed by atoms with Gasteiger partial charge in [0.1, 0.15) is 4.90 Å². The summed E-state index contributed by atoms with van der Waals surface area (Å²) in [4.78, 5) is 0.268. The number of nitrogens with zero attached hydrogens (tertiary/aromatic N) is 3. The fraction of sp³-hybridized carbons (Fsp3) is 0.727. The van der Waals surface area contributed by atoms with E-state index in [1.54, 1.807) is 13.2 Å². The van der Waals surface area contributed by atoms with Crippen LogP contribution in [-0.4, -0.2) is 48.2 Å². The largest absolute Gasteiger partial charge is 0.313 e. The number of hydrogen-bond donors (Lipinski definition) is 1. The topological polar surface area (TPSA) is 67.2 Å². The monoisotopic (exact) mass is 272 g/mol. The van der Waals surface area contributed by atoms with Gasteiger partial charge in [0.05, 0.1) is 6.20 Å². The molecule has 2 heterocycles. The minimum Gasteiger partial charge on any atom is -0.313 e. The maximum atomic E-state index is 12.4. The van der Waals surface area contributed by atoms with Crippen LogP contribution in [0.15, 0.2) is 17.3 Å². The molecular weight excluding hydrogens is 252 g/mol. The quantitative estimate of drug-likeness (QED) is 0.830. The van der Waals surface area contributed by atoms with Gasteiger partial charge in [0.25, 0.3) is 0 Å². The van der Waals surface area contributed by atoms with E-state index in [0.717, 1.165) is 19.4 Å². The van der Waals surface area contributed by atoms with Crippen LogP contribution >= 0.6 is 0 Å². The molecule has 2 rings (SSSR count). The van der Waals surface area contributed by atoms with Gasteiger partial charge >= 0.3 is 0 Å². The van der Waals surface area contributed by atoms with E-state index in [1.807, 2.05) is 6.92 Å². The molecule has 0 bridgehead atoms. The molecule has 0 amide bonds. The second-order valence-corrected chi connectivity index (χ2v) is 6.54. The summed E-state index contributed by atoms with van der Waals surface area (Å²) in [6.45, 7) is 3.86. The van der Waals surface area contributed by atoms with Crippen LogP contribution in [0.3, 0.4) is 0 Å². The van der Waals surface area contributed by atoms with Crippen LogP contribution < -0.4 is 5.32 Å². The van der Waals surface area contributed by atoms with Crippen molar-refractivity contribution in [2.24, 2.45) is 7.05 Å². The Kier molecular flexibility index (Phi) is 4.04. The number of hydrogen-bond acceptors (Lipinski definition) is 4. The summed E-state index contributed by atoms with van der Waals surface area (Å²) < 4.78 is 27.8. The van der Waals surface area contributed by atoms with Gasteiger partial charge in [-0.15, -0.1) is 0 Å². The predicted molar refractivity (Wildman–Crippen MR) is 68.7 cm³/mol. The van der Waals surface area contributed by atoms with Gasteiger partial charge in [-0.1, -0.05) is 6.92 Å². The third-order valence-electron chi connectivity index (χ3n) is 3.26. The van der Waals surface area contributed by atoms with Crippen LogP contribution in [0.4, 0.5) is 0 Å². The van der Waals surface area contributed by atoms with E-state index in [1.165, 1.54) is 15.2 Å². The van der Waals surface area contributed by atoms with Crippen LogP contribution in [-0.2, 0) is 17.1 Å². The number of aryl methyl sites for hydroxylation is 1. The number of aromatic nitrogens is 2. The first kappa shape index (κ1) is 13.5. The Morgan fingerprint density at radius 3 is 2.89 bits per heavy atom. The molecule has 1 aliphatic rings. The van der Waals surface area contributed by atoms with Crippen LogP contribution in [0.1, 0.15) is 19.8 Å². The zero-order chi connectivity index (χ0) is 13.2. The van der Waals surface area contributed by atoms with Crippen molar-refractivity contribution in [1.29, 1.82) is 0 Å². The lowest BCUT2D eigenvalue weighted by atomic mass is 10.2. The zero-order valence-corrected chi connectivity index (χ0v) is 11.7. The molecule has 6 nitrogen and oxygen atoms in total. The summed E-state index contributed by atoms with van der Waals surface area (Å²) in [6.07, 6.45) is 5.11. The van der Waals surface area contributed by atoms with Crippen LogP contribution in [0.5, 0.6) is 0 Å². The number of rotatable bonds is 5. The first-order valence-electron chi connectivity index (χ1n) is 6.26. The van der Waals surface area contributed by atoms with Gasteiger partial charge in [0.15, 0.2) is 0 Å². The van der Waals surface area contributed by atoms with E-state index in [-0.39, 0.29) is 10.9 Å². The molecule has 1 aromatic rings. The number of sulfonamides is 1. The van der Waals surface area contributed by atoms with Gasteiger partial charge in [-0.2, -0.15) is 9.40 Å². The smallest absolute Gasteiger partial charge is 0.246 e. The molecule has 1 unspecified atom stereocenters. The second kappa shape index (κ2) is 5.38. The van der Waals surface area contributed by atoms with E-state index in [9.17, 15) is 8.42 Å². The van der Waals surface area contributed by atoms with Gasteiger partial charge in [0, 0.05) is 32.4 Å². The highest BCUT2D eigenvalue weighted by Crippen LogP contribution is 2.16. The van der Waals surface area contributed by atoms with Crippen molar-refractivity contribution in [1.82, 2.24) is 19.4 Å². The van der Waals surface area contributed by atoms with E-state index >= 15 is 0 Å². The summed E-state index contributed by atoms with van der Waals surface area (Å²) in [5.74, 6) is 0. The molecule has 0 spiro atoms. The Morgan fingerprint density at radius 1 is 1.61 bits per heavy atom.